The van der Waals surface area contributed by atoms with Crippen LogP contribution < -0.4 is 9.47 Å². The van der Waals surface area contributed by atoms with E-state index >= 15 is 0 Å². The zero-order valence-electron chi connectivity index (χ0n) is 20.7. The van der Waals surface area contributed by atoms with Crippen LogP contribution in [-0.4, -0.2) is 48.4 Å². The lowest BCUT2D eigenvalue weighted by atomic mass is 9.97. The van der Waals surface area contributed by atoms with Gasteiger partial charge in [0, 0.05) is 13.1 Å². The molecule has 3 rings (SSSR count). The zero-order valence-corrected chi connectivity index (χ0v) is 20.7. The highest BCUT2D eigenvalue weighted by atomic mass is 16.5. The average Bonchev–Trinajstić information content (AvgIpc) is 2.88. The van der Waals surface area contributed by atoms with Crippen molar-refractivity contribution in [3.63, 3.8) is 0 Å². The molecule has 35 heavy (non-hydrogen) atoms. The van der Waals surface area contributed by atoms with Crippen molar-refractivity contribution in [1.82, 2.24) is 4.90 Å². The van der Waals surface area contributed by atoms with E-state index in [1.54, 1.807) is 14.0 Å². The third-order valence-corrected chi connectivity index (χ3v) is 5.79. The number of hydrogen-bond acceptors (Lipinski definition) is 6. The number of methoxy groups -OCH3 is 1. The van der Waals surface area contributed by atoms with E-state index in [4.69, 9.17) is 14.2 Å². The van der Waals surface area contributed by atoms with E-state index < -0.39 is 18.1 Å². The van der Waals surface area contributed by atoms with Crippen molar-refractivity contribution in [2.45, 2.75) is 45.5 Å². The van der Waals surface area contributed by atoms with Crippen LogP contribution in [0.15, 0.2) is 78.9 Å². The van der Waals surface area contributed by atoms with Gasteiger partial charge in [-0.2, -0.15) is 0 Å². The molecule has 3 aromatic rings. The Labute approximate surface area is 208 Å². The summed E-state index contributed by atoms with van der Waals surface area (Å²) in [6.45, 7) is 5.52. The molecule has 0 saturated carbocycles. The second-order valence-corrected chi connectivity index (χ2v) is 8.26. The van der Waals surface area contributed by atoms with Crippen molar-refractivity contribution in [1.29, 1.82) is 0 Å². The second-order valence-electron chi connectivity index (χ2n) is 8.26. The molecule has 0 aliphatic rings. The summed E-state index contributed by atoms with van der Waals surface area (Å²) in [6, 6.07) is 25.3. The van der Waals surface area contributed by atoms with Crippen molar-refractivity contribution in [3.05, 3.63) is 95.6 Å². The SMILES string of the molecule is CCOC(=O)C(O)C(Cc1ccc(OCC)c(OC)c1)N(Cc1ccccc1)Cc1ccccc1. The predicted octanol–water partition coefficient (Wildman–Crippen LogP) is 4.63. The average molecular weight is 478 g/mol. The maximum atomic E-state index is 12.7. The molecule has 0 amide bonds. The highest BCUT2D eigenvalue weighted by Gasteiger charge is 2.33. The highest BCUT2D eigenvalue weighted by molar-refractivity contribution is 5.75. The molecule has 3 aromatic carbocycles. The van der Waals surface area contributed by atoms with Crippen LogP contribution in [0.5, 0.6) is 11.5 Å². The monoisotopic (exact) mass is 477 g/mol. The minimum absolute atomic E-state index is 0.205. The summed E-state index contributed by atoms with van der Waals surface area (Å²) in [5.41, 5.74) is 3.10. The van der Waals surface area contributed by atoms with Gasteiger partial charge in [-0.05, 0) is 49.1 Å². The minimum atomic E-state index is -1.32. The fraction of sp³-hybridized carbons (Fsp3) is 0.345. The van der Waals surface area contributed by atoms with Gasteiger partial charge in [-0.1, -0.05) is 66.7 Å². The lowest BCUT2D eigenvalue weighted by Crippen LogP contribution is -2.48. The number of benzene rings is 3. The number of carbonyl (C=O) groups excluding carboxylic acids is 1. The molecule has 0 radical (unpaired) electrons. The normalized spacial score (nSPS) is 12.7. The number of ether oxygens (including phenoxy) is 3. The maximum Gasteiger partial charge on any atom is 0.336 e. The van der Waals surface area contributed by atoms with Crippen molar-refractivity contribution in [2.75, 3.05) is 20.3 Å². The van der Waals surface area contributed by atoms with E-state index in [9.17, 15) is 9.90 Å². The molecule has 0 spiro atoms. The second kappa shape index (κ2) is 13.5. The molecule has 0 aliphatic heterocycles. The quantitative estimate of drug-likeness (QED) is 0.362. The van der Waals surface area contributed by atoms with Crippen LogP contribution in [0, 0.1) is 0 Å². The molecule has 2 unspecified atom stereocenters. The Morgan fingerprint density at radius 2 is 1.43 bits per heavy atom. The van der Waals surface area contributed by atoms with Gasteiger partial charge in [-0.25, -0.2) is 4.79 Å². The zero-order chi connectivity index (χ0) is 25.0. The molecule has 2 atom stereocenters. The van der Waals surface area contributed by atoms with E-state index in [1.165, 1.54) is 0 Å². The van der Waals surface area contributed by atoms with E-state index in [0.29, 0.717) is 37.6 Å². The highest BCUT2D eigenvalue weighted by Crippen LogP contribution is 2.30. The minimum Gasteiger partial charge on any atom is -0.493 e. The van der Waals surface area contributed by atoms with Crippen LogP contribution in [0.4, 0.5) is 0 Å². The van der Waals surface area contributed by atoms with Crippen LogP contribution in [0.2, 0.25) is 0 Å². The summed E-state index contributed by atoms with van der Waals surface area (Å²) in [4.78, 5) is 14.8. The van der Waals surface area contributed by atoms with Crippen LogP contribution in [0.3, 0.4) is 0 Å². The molecule has 0 fully saturated rings. The van der Waals surface area contributed by atoms with Crippen molar-refractivity contribution in [3.8, 4) is 11.5 Å². The molecule has 0 saturated heterocycles. The molecule has 6 heteroatoms. The number of esters is 1. The molecule has 186 valence electrons. The fourth-order valence-electron chi connectivity index (χ4n) is 4.11. The number of nitrogens with zero attached hydrogens (tertiary/aromatic N) is 1. The van der Waals surface area contributed by atoms with Crippen molar-refractivity contribution in [2.24, 2.45) is 0 Å². The number of carbonyl (C=O) groups is 1. The molecule has 0 aromatic heterocycles. The molecular weight excluding hydrogens is 442 g/mol. The number of aliphatic hydroxyl groups is 1. The molecule has 0 aliphatic carbocycles. The van der Waals surface area contributed by atoms with Crippen molar-refractivity contribution >= 4 is 5.97 Å². The van der Waals surface area contributed by atoms with Gasteiger partial charge in [0.25, 0.3) is 0 Å². The molecule has 6 nitrogen and oxygen atoms in total. The first kappa shape index (κ1) is 26.3. The first-order chi connectivity index (χ1) is 17.0. The smallest absolute Gasteiger partial charge is 0.336 e. The van der Waals surface area contributed by atoms with Crippen molar-refractivity contribution < 1.29 is 24.1 Å². The Kier molecular flexibility index (Phi) is 10.1. The molecule has 0 heterocycles. The number of rotatable bonds is 13. The van der Waals surface area contributed by atoms with Gasteiger partial charge in [-0.3, -0.25) is 4.90 Å². The summed E-state index contributed by atoms with van der Waals surface area (Å²) in [5.74, 6) is 0.652. The molecule has 0 bridgehead atoms. The lowest BCUT2D eigenvalue weighted by Gasteiger charge is -2.34. The van der Waals surface area contributed by atoms with Crippen LogP contribution >= 0.6 is 0 Å². The maximum absolute atomic E-state index is 12.7. The first-order valence-electron chi connectivity index (χ1n) is 12.0. The van der Waals surface area contributed by atoms with Crippen LogP contribution in [0.25, 0.3) is 0 Å². The van der Waals surface area contributed by atoms with Crippen LogP contribution in [-0.2, 0) is 29.0 Å². The van der Waals surface area contributed by atoms with E-state index in [0.717, 1.165) is 16.7 Å². The van der Waals surface area contributed by atoms with Gasteiger partial charge in [0.05, 0.1) is 26.4 Å². The summed E-state index contributed by atoms with van der Waals surface area (Å²) in [5, 5.41) is 11.2. The summed E-state index contributed by atoms with van der Waals surface area (Å²) in [7, 11) is 1.60. The summed E-state index contributed by atoms with van der Waals surface area (Å²) >= 11 is 0. The Morgan fingerprint density at radius 1 is 0.829 bits per heavy atom. The van der Waals surface area contributed by atoms with E-state index in [1.807, 2.05) is 85.8 Å². The van der Waals surface area contributed by atoms with Crippen LogP contribution in [0.1, 0.15) is 30.5 Å². The molecular formula is C29H35NO5. The lowest BCUT2D eigenvalue weighted by molar-refractivity contribution is -0.157. The Hall–Kier alpha value is -3.35. The summed E-state index contributed by atoms with van der Waals surface area (Å²) in [6.07, 6.45) is -0.900. The van der Waals surface area contributed by atoms with Gasteiger partial charge < -0.3 is 19.3 Å². The van der Waals surface area contributed by atoms with E-state index in [2.05, 4.69) is 4.90 Å². The van der Waals surface area contributed by atoms with Gasteiger partial charge in [0.2, 0.25) is 0 Å². The standard InChI is InChI=1S/C29H35NO5/c1-4-34-26-17-16-24(19-27(26)33-3)18-25(28(31)29(32)35-5-2)30(20-22-12-8-6-9-13-22)21-23-14-10-7-11-15-23/h6-17,19,25,28,31H,4-5,18,20-21H2,1-3H3. The van der Waals surface area contributed by atoms with Gasteiger partial charge in [-0.15, -0.1) is 0 Å². The topological polar surface area (TPSA) is 68.2 Å². The first-order valence-corrected chi connectivity index (χ1v) is 12.0. The number of hydrogen-bond donors (Lipinski definition) is 1. The van der Waals surface area contributed by atoms with Gasteiger partial charge in [0.15, 0.2) is 17.6 Å². The van der Waals surface area contributed by atoms with Gasteiger partial charge in [0.1, 0.15) is 0 Å². The summed E-state index contributed by atoms with van der Waals surface area (Å²) < 4.78 is 16.4. The van der Waals surface area contributed by atoms with Gasteiger partial charge >= 0.3 is 5.97 Å². The third kappa shape index (κ3) is 7.57. The number of aliphatic hydroxyl groups excluding tert-OH is 1. The Bertz CT molecular complexity index is 1000. The molecule has 1 N–H and O–H groups in total. The predicted molar refractivity (Wildman–Crippen MR) is 136 cm³/mol. The largest absolute Gasteiger partial charge is 0.493 e. The fourth-order valence-corrected chi connectivity index (χ4v) is 4.11. The van der Waals surface area contributed by atoms with E-state index in [-0.39, 0.29) is 6.61 Å². The third-order valence-electron chi connectivity index (χ3n) is 5.79. The Morgan fingerprint density at radius 3 is 1.94 bits per heavy atom. The Balaban J connectivity index is 1.98.